The molecule has 0 spiro atoms. The van der Waals surface area contributed by atoms with Gasteiger partial charge in [-0.05, 0) is 38.7 Å². The third-order valence-corrected chi connectivity index (χ3v) is 3.06. The maximum atomic E-state index is 5.50. The molecule has 0 aromatic heterocycles. The zero-order valence-electron chi connectivity index (χ0n) is 12.2. The highest BCUT2D eigenvalue weighted by atomic mass is 16.5. The monoisotopic (exact) mass is 249 g/mol. The van der Waals surface area contributed by atoms with Gasteiger partial charge in [0.25, 0.3) is 0 Å². The predicted molar refractivity (Wildman–Crippen MR) is 78.9 cm³/mol. The van der Waals surface area contributed by atoms with Crippen LogP contribution >= 0.6 is 0 Å². The molecule has 0 saturated carbocycles. The lowest BCUT2D eigenvalue weighted by Crippen LogP contribution is -2.17. The van der Waals surface area contributed by atoms with Gasteiger partial charge in [-0.1, -0.05) is 32.0 Å². The van der Waals surface area contributed by atoms with Crippen molar-refractivity contribution in [1.29, 1.82) is 0 Å². The van der Waals surface area contributed by atoms with Gasteiger partial charge in [-0.15, -0.1) is 0 Å². The van der Waals surface area contributed by atoms with Crippen molar-refractivity contribution in [3.05, 3.63) is 29.8 Å². The molecule has 0 radical (unpaired) electrons. The normalized spacial score (nSPS) is 12.7. The zero-order valence-corrected chi connectivity index (χ0v) is 12.2. The summed E-state index contributed by atoms with van der Waals surface area (Å²) in [6, 6.07) is 8.92. The van der Waals surface area contributed by atoms with Crippen molar-refractivity contribution in [3.63, 3.8) is 0 Å². The van der Waals surface area contributed by atoms with Gasteiger partial charge in [0.2, 0.25) is 0 Å². The van der Waals surface area contributed by atoms with Crippen molar-refractivity contribution in [3.8, 4) is 0 Å². The molecule has 0 bridgehead atoms. The number of anilines is 1. The molecule has 1 aromatic rings. The number of ether oxygens (including phenoxy) is 1. The highest BCUT2D eigenvalue weighted by Crippen LogP contribution is 2.19. The zero-order chi connectivity index (χ0) is 13.4. The van der Waals surface area contributed by atoms with E-state index in [1.165, 1.54) is 24.1 Å². The lowest BCUT2D eigenvalue weighted by Gasteiger charge is -2.19. The molecule has 0 aliphatic rings. The standard InChI is InChI=1S/C16H27NO/c1-5-18-12-15-8-6-7-9-16(15)17-14(4)11-10-13(2)3/h6-9,13-14,17H,5,10-12H2,1-4H3. The average molecular weight is 249 g/mol. The molecule has 1 N–H and O–H groups in total. The van der Waals surface area contributed by atoms with E-state index in [0.29, 0.717) is 12.6 Å². The molecule has 1 atom stereocenters. The van der Waals surface area contributed by atoms with E-state index in [0.717, 1.165) is 12.5 Å². The fraction of sp³-hybridized carbons (Fsp3) is 0.625. The van der Waals surface area contributed by atoms with E-state index in [9.17, 15) is 0 Å². The van der Waals surface area contributed by atoms with Gasteiger partial charge in [-0.3, -0.25) is 0 Å². The van der Waals surface area contributed by atoms with Crippen LogP contribution in [-0.2, 0) is 11.3 Å². The van der Waals surface area contributed by atoms with E-state index in [1.54, 1.807) is 0 Å². The van der Waals surface area contributed by atoms with Crippen molar-refractivity contribution in [2.24, 2.45) is 5.92 Å². The number of hydrogen-bond acceptors (Lipinski definition) is 2. The number of nitrogens with one attached hydrogen (secondary N) is 1. The fourth-order valence-electron chi connectivity index (χ4n) is 1.92. The van der Waals surface area contributed by atoms with Crippen LogP contribution < -0.4 is 5.32 Å². The molecule has 0 saturated heterocycles. The Morgan fingerprint density at radius 2 is 1.83 bits per heavy atom. The minimum atomic E-state index is 0.509. The fourth-order valence-corrected chi connectivity index (χ4v) is 1.92. The Bertz CT molecular complexity index is 336. The second-order valence-corrected chi connectivity index (χ2v) is 5.31. The molecule has 0 aliphatic carbocycles. The van der Waals surface area contributed by atoms with Crippen LogP contribution in [0, 0.1) is 5.92 Å². The Hall–Kier alpha value is -1.02. The van der Waals surface area contributed by atoms with Crippen LogP contribution in [0.2, 0.25) is 0 Å². The summed E-state index contributed by atoms with van der Waals surface area (Å²) >= 11 is 0. The van der Waals surface area contributed by atoms with Crippen LogP contribution in [-0.4, -0.2) is 12.6 Å². The summed E-state index contributed by atoms with van der Waals surface area (Å²) in [4.78, 5) is 0. The first-order chi connectivity index (χ1) is 8.63. The van der Waals surface area contributed by atoms with Gasteiger partial charge in [-0.25, -0.2) is 0 Å². The van der Waals surface area contributed by atoms with Crippen molar-refractivity contribution < 1.29 is 4.74 Å². The van der Waals surface area contributed by atoms with E-state index >= 15 is 0 Å². The van der Waals surface area contributed by atoms with E-state index in [4.69, 9.17) is 4.74 Å². The summed E-state index contributed by atoms with van der Waals surface area (Å²) < 4.78 is 5.50. The highest BCUT2D eigenvalue weighted by molar-refractivity contribution is 5.51. The first-order valence-corrected chi connectivity index (χ1v) is 7.05. The third kappa shape index (κ3) is 5.54. The summed E-state index contributed by atoms with van der Waals surface area (Å²) in [5.74, 6) is 0.771. The Labute approximate surface area is 112 Å². The molecule has 0 amide bonds. The molecule has 1 rings (SSSR count). The molecule has 102 valence electrons. The van der Waals surface area contributed by atoms with Gasteiger partial charge < -0.3 is 10.1 Å². The summed E-state index contributed by atoms with van der Waals surface area (Å²) in [5.41, 5.74) is 2.46. The maximum absolute atomic E-state index is 5.50. The Morgan fingerprint density at radius 3 is 2.50 bits per heavy atom. The minimum absolute atomic E-state index is 0.509. The lowest BCUT2D eigenvalue weighted by atomic mass is 10.0. The van der Waals surface area contributed by atoms with E-state index in [-0.39, 0.29) is 0 Å². The van der Waals surface area contributed by atoms with Crippen molar-refractivity contribution in [1.82, 2.24) is 0 Å². The summed E-state index contributed by atoms with van der Waals surface area (Å²) in [5, 5.41) is 3.59. The third-order valence-electron chi connectivity index (χ3n) is 3.06. The smallest absolute Gasteiger partial charge is 0.0736 e. The van der Waals surface area contributed by atoms with E-state index in [2.05, 4.69) is 50.4 Å². The number of benzene rings is 1. The molecule has 1 unspecified atom stereocenters. The second kappa shape index (κ2) is 8.15. The topological polar surface area (TPSA) is 21.3 Å². The molecular weight excluding hydrogens is 222 g/mol. The van der Waals surface area contributed by atoms with Gasteiger partial charge in [0.05, 0.1) is 6.61 Å². The molecule has 0 aliphatic heterocycles. The minimum Gasteiger partial charge on any atom is -0.382 e. The van der Waals surface area contributed by atoms with Gasteiger partial charge in [0.1, 0.15) is 0 Å². The van der Waals surface area contributed by atoms with Gasteiger partial charge in [-0.2, -0.15) is 0 Å². The average Bonchev–Trinajstić information content (AvgIpc) is 2.35. The molecule has 1 aromatic carbocycles. The van der Waals surface area contributed by atoms with Gasteiger partial charge in [0.15, 0.2) is 0 Å². The first-order valence-electron chi connectivity index (χ1n) is 7.05. The Morgan fingerprint density at radius 1 is 1.11 bits per heavy atom. The van der Waals surface area contributed by atoms with Crippen LogP contribution in [0.15, 0.2) is 24.3 Å². The van der Waals surface area contributed by atoms with Gasteiger partial charge >= 0.3 is 0 Å². The van der Waals surface area contributed by atoms with E-state index in [1.807, 2.05) is 6.92 Å². The summed E-state index contributed by atoms with van der Waals surface area (Å²) in [6.07, 6.45) is 2.47. The van der Waals surface area contributed by atoms with E-state index < -0.39 is 0 Å². The largest absolute Gasteiger partial charge is 0.382 e. The SMILES string of the molecule is CCOCc1ccccc1NC(C)CCC(C)C. The molecular formula is C16H27NO. The first kappa shape index (κ1) is 15.0. The molecule has 18 heavy (non-hydrogen) atoms. The summed E-state index contributed by atoms with van der Waals surface area (Å²) in [7, 11) is 0. The number of hydrogen-bond donors (Lipinski definition) is 1. The molecule has 2 heteroatoms. The quantitative estimate of drug-likeness (QED) is 0.734. The van der Waals surface area contributed by atoms with Gasteiger partial charge in [0, 0.05) is 23.9 Å². The molecule has 2 nitrogen and oxygen atoms in total. The highest BCUT2D eigenvalue weighted by Gasteiger charge is 2.07. The van der Waals surface area contributed by atoms with Crippen LogP contribution in [0.25, 0.3) is 0 Å². The number of rotatable bonds is 8. The molecule has 0 heterocycles. The van der Waals surface area contributed by atoms with Crippen LogP contribution in [0.5, 0.6) is 0 Å². The Balaban J connectivity index is 2.54. The van der Waals surface area contributed by atoms with Crippen LogP contribution in [0.4, 0.5) is 5.69 Å². The van der Waals surface area contributed by atoms with Crippen molar-refractivity contribution >= 4 is 5.69 Å². The van der Waals surface area contributed by atoms with Crippen LogP contribution in [0.1, 0.15) is 46.1 Å². The van der Waals surface area contributed by atoms with Crippen molar-refractivity contribution in [2.75, 3.05) is 11.9 Å². The summed E-state index contributed by atoms with van der Waals surface area (Å²) in [6.45, 7) is 10.3. The molecule has 0 fully saturated rings. The van der Waals surface area contributed by atoms with Crippen molar-refractivity contribution in [2.45, 2.75) is 53.2 Å². The Kier molecular flexibility index (Phi) is 6.81. The maximum Gasteiger partial charge on any atom is 0.0736 e. The predicted octanol–water partition coefficient (Wildman–Crippen LogP) is 4.46. The van der Waals surface area contributed by atoms with Crippen LogP contribution in [0.3, 0.4) is 0 Å². The second-order valence-electron chi connectivity index (χ2n) is 5.31. The lowest BCUT2D eigenvalue weighted by molar-refractivity contribution is 0.134. The number of para-hydroxylation sites is 1.